The first kappa shape index (κ1) is 21.7. The molecule has 2 aromatic heterocycles. The number of hydrogen-bond acceptors (Lipinski definition) is 9. The Kier molecular flexibility index (Phi) is 7.00. The van der Waals surface area contributed by atoms with E-state index in [-0.39, 0.29) is 0 Å². The average Bonchev–Trinajstić information content (AvgIpc) is 3.46. The molecule has 4 aromatic rings. The molecule has 0 saturated carbocycles. The zero-order valence-electron chi connectivity index (χ0n) is 18.5. The van der Waals surface area contributed by atoms with Crippen molar-refractivity contribution < 1.29 is 23.0 Å². The summed E-state index contributed by atoms with van der Waals surface area (Å²) in [6.07, 6.45) is 0. The Bertz CT molecular complexity index is 1000. The van der Waals surface area contributed by atoms with Gasteiger partial charge in [-0.15, -0.1) is 0 Å². The highest BCUT2D eigenvalue weighted by atomic mass is 16.5. The third-order valence-corrected chi connectivity index (χ3v) is 5.50. The van der Waals surface area contributed by atoms with E-state index in [1.165, 1.54) is 0 Å². The van der Waals surface area contributed by atoms with Gasteiger partial charge >= 0.3 is 0 Å². The number of nitrogens with zero attached hydrogens (tertiary/aromatic N) is 4. The number of aromatic nitrogens is 2. The smallest absolute Gasteiger partial charge is 0.298 e. The fourth-order valence-corrected chi connectivity index (χ4v) is 3.72. The van der Waals surface area contributed by atoms with Gasteiger partial charge in [0.25, 0.3) is 12.0 Å². The Morgan fingerprint density at radius 2 is 0.909 bits per heavy atom. The van der Waals surface area contributed by atoms with Crippen LogP contribution in [0.25, 0.3) is 22.2 Å². The van der Waals surface area contributed by atoms with Crippen LogP contribution in [0.2, 0.25) is 0 Å². The fourth-order valence-electron chi connectivity index (χ4n) is 3.72. The summed E-state index contributed by atoms with van der Waals surface area (Å²) >= 11 is 0. The molecule has 0 unspecified atom stereocenters. The molecule has 1 saturated heterocycles. The lowest BCUT2D eigenvalue weighted by atomic mass is 10.3. The number of oxazole rings is 2. The fraction of sp³-hybridized carbons (Fsp3) is 0.417. The van der Waals surface area contributed by atoms with Crippen molar-refractivity contribution in [1.82, 2.24) is 9.97 Å². The molecule has 0 N–H and O–H groups in total. The number of benzene rings is 2. The SMILES string of the molecule is c1ccc2oc(N3CCOCCOCCN(c4nc5ccccc5o4)CCOCC3)nc2c1. The summed E-state index contributed by atoms with van der Waals surface area (Å²) in [6, 6.07) is 16.7. The molecule has 3 heterocycles. The molecule has 0 spiro atoms. The second-order valence-electron chi connectivity index (χ2n) is 7.74. The zero-order valence-corrected chi connectivity index (χ0v) is 18.5. The number of para-hydroxylation sites is 4. The molecule has 1 aliphatic rings. The molecule has 1 fully saturated rings. The van der Waals surface area contributed by atoms with Gasteiger partial charge in [-0.1, -0.05) is 24.3 Å². The standard InChI is InChI=1S/C24H28N4O5/c1-3-7-21-19(5-1)25-23(32-21)27-9-13-29-14-10-28(12-16-31-18-17-30-15-11-27)24-26-20-6-2-4-8-22(20)33-24/h1-8H,9-18H2. The average molecular weight is 453 g/mol. The van der Waals surface area contributed by atoms with E-state index in [1.54, 1.807) is 0 Å². The molecule has 0 radical (unpaired) electrons. The van der Waals surface area contributed by atoms with Crippen LogP contribution in [0.5, 0.6) is 0 Å². The van der Waals surface area contributed by atoms with Crippen molar-refractivity contribution in [3.8, 4) is 0 Å². The maximum Gasteiger partial charge on any atom is 0.298 e. The zero-order chi connectivity index (χ0) is 22.3. The Morgan fingerprint density at radius 3 is 1.33 bits per heavy atom. The van der Waals surface area contributed by atoms with E-state index in [0.29, 0.717) is 77.8 Å². The molecule has 0 aliphatic carbocycles. The van der Waals surface area contributed by atoms with Crippen LogP contribution in [0.1, 0.15) is 0 Å². The molecular weight excluding hydrogens is 424 g/mol. The predicted molar refractivity (Wildman–Crippen MR) is 125 cm³/mol. The Morgan fingerprint density at radius 1 is 0.515 bits per heavy atom. The summed E-state index contributed by atoms with van der Waals surface area (Å²) in [4.78, 5) is 13.3. The van der Waals surface area contributed by atoms with E-state index in [9.17, 15) is 0 Å². The quantitative estimate of drug-likeness (QED) is 0.454. The van der Waals surface area contributed by atoms with Crippen molar-refractivity contribution in [3.05, 3.63) is 48.5 Å². The molecule has 174 valence electrons. The van der Waals surface area contributed by atoms with Crippen LogP contribution in [-0.4, -0.2) is 75.8 Å². The van der Waals surface area contributed by atoms with Gasteiger partial charge in [-0.3, -0.25) is 0 Å². The summed E-state index contributed by atoms with van der Waals surface area (Å²) in [7, 11) is 0. The topological polar surface area (TPSA) is 86.2 Å². The van der Waals surface area contributed by atoms with Crippen molar-refractivity contribution in [2.24, 2.45) is 0 Å². The molecule has 2 aromatic carbocycles. The summed E-state index contributed by atoms with van der Waals surface area (Å²) in [5.74, 6) is 0. The number of rotatable bonds is 2. The summed E-state index contributed by atoms with van der Waals surface area (Å²) in [6.45, 7) is 5.85. The molecule has 0 bridgehead atoms. The van der Waals surface area contributed by atoms with Crippen molar-refractivity contribution in [2.75, 3.05) is 75.6 Å². The summed E-state index contributed by atoms with van der Waals surface area (Å²) < 4.78 is 29.4. The molecule has 9 heteroatoms. The maximum absolute atomic E-state index is 5.96. The normalized spacial score (nSPS) is 17.8. The van der Waals surface area contributed by atoms with Gasteiger partial charge in [-0.05, 0) is 24.3 Å². The molecular formula is C24H28N4O5. The van der Waals surface area contributed by atoms with Gasteiger partial charge in [0.15, 0.2) is 11.2 Å². The molecule has 1 aliphatic heterocycles. The van der Waals surface area contributed by atoms with Gasteiger partial charge in [0.1, 0.15) is 11.0 Å². The minimum Gasteiger partial charge on any atom is -0.423 e. The molecule has 9 nitrogen and oxygen atoms in total. The highest BCUT2D eigenvalue weighted by Crippen LogP contribution is 2.22. The van der Waals surface area contributed by atoms with Gasteiger partial charge in [0, 0.05) is 26.2 Å². The monoisotopic (exact) mass is 452 g/mol. The first-order chi connectivity index (χ1) is 16.4. The van der Waals surface area contributed by atoms with E-state index >= 15 is 0 Å². The minimum atomic E-state index is 0.529. The first-order valence-corrected chi connectivity index (χ1v) is 11.3. The van der Waals surface area contributed by atoms with Gasteiger partial charge in [0.05, 0.1) is 39.6 Å². The van der Waals surface area contributed by atoms with Crippen LogP contribution in [0.3, 0.4) is 0 Å². The van der Waals surface area contributed by atoms with Gasteiger partial charge in [-0.25, -0.2) is 0 Å². The molecule has 33 heavy (non-hydrogen) atoms. The van der Waals surface area contributed by atoms with Gasteiger partial charge < -0.3 is 32.8 Å². The summed E-state index contributed by atoms with van der Waals surface area (Å²) in [5, 5.41) is 0. The second kappa shape index (κ2) is 10.7. The molecule has 0 amide bonds. The minimum absolute atomic E-state index is 0.529. The van der Waals surface area contributed by atoms with Crippen LogP contribution in [-0.2, 0) is 14.2 Å². The first-order valence-electron chi connectivity index (χ1n) is 11.3. The lowest BCUT2D eigenvalue weighted by Crippen LogP contribution is -2.33. The van der Waals surface area contributed by atoms with Crippen LogP contribution < -0.4 is 9.80 Å². The highest BCUT2D eigenvalue weighted by molar-refractivity contribution is 5.75. The number of hydrogen-bond donors (Lipinski definition) is 0. The molecule has 0 atom stereocenters. The lowest BCUT2D eigenvalue weighted by Gasteiger charge is -2.21. The summed E-state index contributed by atoms with van der Waals surface area (Å²) in [5.41, 5.74) is 3.22. The van der Waals surface area contributed by atoms with Gasteiger partial charge in [0.2, 0.25) is 0 Å². The second-order valence-corrected chi connectivity index (χ2v) is 7.74. The number of anilines is 2. The Balaban J connectivity index is 1.24. The van der Waals surface area contributed by atoms with Crippen LogP contribution in [0.4, 0.5) is 12.0 Å². The van der Waals surface area contributed by atoms with Gasteiger partial charge in [-0.2, -0.15) is 9.97 Å². The Hall–Kier alpha value is -3.14. The predicted octanol–water partition coefficient (Wildman–Crippen LogP) is 3.35. The third kappa shape index (κ3) is 5.44. The van der Waals surface area contributed by atoms with E-state index in [0.717, 1.165) is 22.2 Å². The Labute approximate surface area is 191 Å². The van der Waals surface area contributed by atoms with Crippen molar-refractivity contribution in [2.45, 2.75) is 0 Å². The highest BCUT2D eigenvalue weighted by Gasteiger charge is 2.16. The van der Waals surface area contributed by atoms with Crippen molar-refractivity contribution in [1.29, 1.82) is 0 Å². The van der Waals surface area contributed by atoms with E-state index in [4.69, 9.17) is 23.0 Å². The largest absolute Gasteiger partial charge is 0.423 e. The van der Waals surface area contributed by atoms with Crippen LogP contribution in [0.15, 0.2) is 57.4 Å². The number of fused-ring (bicyclic) bond motifs is 2. The van der Waals surface area contributed by atoms with E-state index in [2.05, 4.69) is 19.8 Å². The number of ether oxygens (including phenoxy) is 3. The van der Waals surface area contributed by atoms with E-state index < -0.39 is 0 Å². The van der Waals surface area contributed by atoms with Crippen LogP contribution >= 0.6 is 0 Å². The van der Waals surface area contributed by atoms with Crippen LogP contribution in [0, 0.1) is 0 Å². The lowest BCUT2D eigenvalue weighted by molar-refractivity contribution is 0.0526. The third-order valence-electron chi connectivity index (χ3n) is 5.50. The van der Waals surface area contributed by atoms with Crippen molar-refractivity contribution in [3.63, 3.8) is 0 Å². The maximum atomic E-state index is 5.96. The van der Waals surface area contributed by atoms with E-state index in [1.807, 2.05) is 48.5 Å². The molecule has 5 rings (SSSR count). The van der Waals surface area contributed by atoms with Crippen molar-refractivity contribution >= 4 is 34.2 Å².